The molecule has 3 heteroatoms. The summed E-state index contributed by atoms with van der Waals surface area (Å²) in [7, 11) is -1.11. The van der Waals surface area contributed by atoms with Crippen LogP contribution in [0.2, 0.25) is 6.04 Å². The van der Waals surface area contributed by atoms with Crippen LogP contribution in [0.3, 0.4) is 0 Å². The molecule has 1 aliphatic rings. The van der Waals surface area contributed by atoms with Crippen LogP contribution in [0, 0.1) is 0 Å². The topological polar surface area (TPSA) is 18.5 Å². The number of hydrogen-bond acceptors (Lipinski definition) is 2. The van der Waals surface area contributed by atoms with Crippen molar-refractivity contribution in [1.29, 1.82) is 0 Å². The molecule has 2 rings (SSSR count). The summed E-state index contributed by atoms with van der Waals surface area (Å²) in [5.74, 6) is 0.911. The molecule has 0 N–H and O–H groups in total. The molecule has 1 unspecified atom stereocenters. The number of benzene rings is 1. The molecule has 0 spiro atoms. The van der Waals surface area contributed by atoms with Gasteiger partial charge >= 0.3 is 0 Å². The average molecular weight is 234 g/mol. The highest BCUT2D eigenvalue weighted by Gasteiger charge is 2.18. The molecular weight excluding hydrogens is 216 g/mol. The Hall–Kier alpha value is -1.06. The van der Waals surface area contributed by atoms with Gasteiger partial charge in [0.2, 0.25) is 9.04 Å². The molecule has 1 aliphatic heterocycles. The van der Waals surface area contributed by atoms with Crippen LogP contribution in [0.25, 0.3) is 0 Å². The minimum atomic E-state index is -1.11. The Labute approximate surface area is 98.6 Å². The lowest BCUT2D eigenvalue weighted by Gasteiger charge is -2.21. The molecule has 1 saturated heterocycles. The Bertz CT molecular complexity index is 328. The molecule has 16 heavy (non-hydrogen) atoms. The van der Waals surface area contributed by atoms with Gasteiger partial charge in [0.05, 0.1) is 0 Å². The molecule has 1 atom stereocenters. The second kappa shape index (κ2) is 5.87. The van der Waals surface area contributed by atoms with E-state index in [2.05, 4.69) is 18.7 Å². The van der Waals surface area contributed by atoms with Crippen LogP contribution in [0.1, 0.15) is 12.8 Å². The highest BCUT2D eigenvalue weighted by Crippen LogP contribution is 2.13. The van der Waals surface area contributed by atoms with Gasteiger partial charge in [-0.05, 0) is 29.8 Å². The fraction of sp³-hybridized carbons (Fsp3) is 0.385. The van der Waals surface area contributed by atoms with Crippen molar-refractivity contribution in [2.75, 3.05) is 13.2 Å². The van der Waals surface area contributed by atoms with Crippen LogP contribution in [-0.4, -0.2) is 22.3 Å². The first-order valence-corrected chi connectivity index (χ1v) is 7.72. The summed E-state index contributed by atoms with van der Waals surface area (Å²) in [4.78, 5) is 0. The molecule has 0 aromatic heterocycles. The molecule has 1 heterocycles. The third-order valence-electron chi connectivity index (χ3n) is 2.80. The zero-order valence-corrected chi connectivity index (χ0v) is 10.7. The molecular formula is C13H18O2Si. The van der Waals surface area contributed by atoms with Crippen LogP contribution >= 0.6 is 0 Å². The fourth-order valence-electron chi connectivity index (χ4n) is 1.94. The Morgan fingerprint density at radius 2 is 2.12 bits per heavy atom. The molecule has 0 bridgehead atoms. The fourth-order valence-corrected chi connectivity index (χ4v) is 4.36. The molecule has 1 aromatic rings. The molecule has 2 nitrogen and oxygen atoms in total. The Morgan fingerprint density at radius 1 is 1.31 bits per heavy atom. The third kappa shape index (κ3) is 2.96. The van der Waals surface area contributed by atoms with Gasteiger partial charge in [0.1, 0.15) is 12.4 Å². The largest absolute Gasteiger partial charge is 0.490 e. The van der Waals surface area contributed by atoms with Gasteiger partial charge in [-0.15, -0.1) is 0 Å². The maximum absolute atomic E-state index is 5.87. The van der Waals surface area contributed by atoms with E-state index in [0.29, 0.717) is 6.61 Å². The van der Waals surface area contributed by atoms with Crippen molar-refractivity contribution in [3.8, 4) is 5.75 Å². The Morgan fingerprint density at radius 3 is 2.75 bits per heavy atom. The summed E-state index contributed by atoms with van der Waals surface area (Å²) in [5, 5.41) is 1.39. The van der Waals surface area contributed by atoms with Gasteiger partial charge in [0, 0.05) is 6.61 Å². The molecule has 1 fully saturated rings. The van der Waals surface area contributed by atoms with Crippen molar-refractivity contribution >= 4 is 14.2 Å². The van der Waals surface area contributed by atoms with E-state index in [1.54, 1.807) is 6.08 Å². The van der Waals surface area contributed by atoms with Gasteiger partial charge < -0.3 is 9.16 Å². The summed E-state index contributed by atoms with van der Waals surface area (Å²) in [6.45, 7) is 5.14. The highest BCUT2D eigenvalue weighted by atomic mass is 28.3. The van der Waals surface area contributed by atoms with Gasteiger partial charge in [-0.2, -0.15) is 0 Å². The van der Waals surface area contributed by atoms with Crippen molar-refractivity contribution in [2.45, 2.75) is 18.9 Å². The summed E-state index contributed by atoms with van der Waals surface area (Å²) in [6, 6.07) is 9.64. The van der Waals surface area contributed by atoms with Crippen LogP contribution < -0.4 is 9.92 Å². The maximum atomic E-state index is 5.87. The second-order valence-electron chi connectivity index (χ2n) is 4.02. The summed E-state index contributed by atoms with van der Waals surface area (Å²) < 4.78 is 11.3. The molecule has 0 aliphatic carbocycles. The van der Waals surface area contributed by atoms with Crippen LogP contribution in [0.4, 0.5) is 0 Å². The molecule has 0 radical (unpaired) electrons. The van der Waals surface area contributed by atoms with E-state index >= 15 is 0 Å². The van der Waals surface area contributed by atoms with E-state index in [-0.39, 0.29) is 0 Å². The van der Waals surface area contributed by atoms with E-state index in [9.17, 15) is 0 Å². The second-order valence-corrected chi connectivity index (χ2v) is 6.58. The molecule has 0 amide bonds. The summed E-state index contributed by atoms with van der Waals surface area (Å²) >= 11 is 0. The van der Waals surface area contributed by atoms with Crippen LogP contribution in [0.15, 0.2) is 36.9 Å². The van der Waals surface area contributed by atoms with Crippen molar-refractivity contribution in [3.63, 3.8) is 0 Å². The standard InChI is InChI=1S/C13H18O2Si/c1-2-9-14-12-5-7-13(8-6-12)16-11-4-3-10-15-16/h2,5-8,16H,1,3-4,9-11H2. The first kappa shape index (κ1) is 11.4. The number of ether oxygens (including phenoxy) is 1. The minimum Gasteiger partial charge on any atom is -0.490 e. The van der Waals surface area contributed by atoms with Crippen molar-refractivity contribution in [3.05, 3.63) is 36.9 Å². The van der Waals surface area contributed by atoms with E-state index in [0.717, 1.165) is 12.4 Å². The summed E-state index contributed by atoms with van der Waals surface area (Å²) in [6.07, 6.45) is 4.31. The van der Waals surface area contributed by atoms with Crippen LogP contribution in [-0.2, 0) is 4.43 Å². The van der Waals surface area contributed by atoms with Gasteiger partial charge in [0.15, 0.2) is 0 Å². The van der Waals surface area contributed by atoms with Gasteiger partial charge in [-0.1, -0.05) is 31.2 Å². The van der Waals surface area contributed by atoms with E-state index in [1.165, 1.54) is 24.1 Å². The number of hydrogen-bond donors (Lipinski definition) is 0. The quantitative estimate of drug-likeness (QED) is 0.586. The summed E-state index contributed by atoms with van der Waals surface area (Å²) in [5.41, 5.74) is 0. The zero-order chi connectivity index (χ0) is 11.2. The monoisotopic (exact) mass is 234 g/mol. The van der Waals surface area contributed by atoms with Gasteiger partial charge in [0.25, 0.3) is 0 Å². The van der Waals surface area contributed by atoms with Crippen molar-refractivity contribution in [1.82, 2.24) is 0 Å². The van der Waals surface area contributed by atoms with Crippen molar-refractivity contribution in [2.24, 2.45) is 0 Å². The van der Waals surface area contributed by atoms with Crippen molar-refractivity contribution < 1.29 is 9.16 Å². The Kier molecular flexibility index (Phi) is 4.19. The van der Waals surface area contributed by atoms with Gasteiger partial charge in [-0.25, -0.2) is 0 Å². The molecule has 86 valence electrons. The van der Waals surface area contributed by atoms with E-state index in [4.69, 9.17) is 9.16 Å². The minimum absolute atomic E-state index is 0.566. The SMILES string of the molecule is C=CCOc1ccc([SiH]2CCCCO2)cc1. The lowest BCUT2D eigenvalue weighted by Crippen LogP contribution is -2.36. The maximum Gasteiger partial charge on any atom is 0.208 e. The predicted molar refractivity (Wildman–Crippen MR) is 68.9 cm³/mol. The molecule has 0 saturated carbocycles. The molecule has 1 aromatic carbocycles. The normalized spacial score (nSPS) is 20.4. The lowest BCUT2D eigenvalue weighted by atomic mass is 10.3. The first-order chi connectivity index (χ1) is 7.90. The third-order valence-corrected chi connectivity index (χ3v) is 5.50. The highest BCUT2D eigenvalue weighted by molar-refractivity contribution is 6.67. The van der Waals surface area contributed by atoms with Crippen LogP contribution in [0.5, 0.6) is 5.75 Å². The van der Waals surface area contributed by atoms with E-state index < -0.39 is 9.04 Å². The number of rotatable bonds is 4. The average Bonchev–Trinajstić information content (AvgIpc) is 2.38. The first-order valence-electron chi connectivity index (χ1n) is 5.85. The zero-order valence-electron chi connectivity index (χ0n) is 9.52. The predicted octanol–water partition coefficient (Wildman–Crippen LogP) is 1.99. The lowest BCUT2D eigenvalue weighted by molar-refractivity contribution is 0.294. The van der Waals surface area contributed by atoms with Gasteiger partial charge in [-0.3, -0.25) is 0 Å². The smallest absolute Gasteiger partial charge is 0.208 e. The Balaban J connectivity index is 1.97. The van der Waals surface area contributed by atoms with E-state index in [1.807, 2.05) is 12.1 Å².